The number of hydrogen-bond donors (Lipinski definition) is 0. The Balaban J connectivity index is 1.85. The van der Waals surface area contributed by atoms with Gasteiger partial charge in [0.1, 0.15) is 12.3 Å². The SMILES string of the molecule is Cc1cc(COC(=O)c2ccnn2C)c2ccccc2n1. The fourth-order valence-electron chi connectivity index (χ4n) is 2.31. The van der Waals surface area contributed by atoms with Crippen LogP contribution in [-0.2, 0) is 18.4 Å². The highest BCUT2D eigenvalue weighted by molar-refractivity contribution is 5.88. The van der Waals surface area contributed by atoms with E-state index in [0.717, 1.165) is 22.2 Å². The minimum atomic E-state index is -0.381. The fraction of sp³-hybridized carbons (Fsp3) is 0.188. The predicted molar refractivity (Wildman–Crippen MR) is 78.8 cm³/mol. The van der Waals surface area contributed by atoms with E-state index < -0.39 is 0 Å². The van der Waals surface area contributed by atoms with Gasteiger partial charge in [0.15, 0.2) is 0 Å². The van der Waals surface area contributed by atoms with Crippen molar-refractivity contribution in [3.05, 3.63) is 59.5 Å². The van der Waals surface area contributed by atoms with Crippen LogP contribution in [0.4, 0.5) is 0 Å². The summed E-state index contributed by atoms with van der Waals surface area (Å²) in [4.78, 5) is 16.5. The van der Waals surface area contributed by atoms with Gasteiger partial charge in [-0.2, -0.15) is 5.10 Å². The minimum Gasteiger partial charge on any atom is -0.456 e. The lowest BCUT2D eigenvalue weighted by Gasteiger charge is -2.09. The van der Waals surface area contributed by atoms with Crippen LogP contribution < -0.4 is 0 Å². The normalized spacial score (nSPS) is 10.8. The van der Waals surface area contributed by atoms with Crippen molar-refractivity contribution < 1.29 is 9.53 Å². The van der Waals surface area contributed by atoms with Crippen molar-refractivity contribution in [1.29, 1.82) is 0 Å². The molecule has 3 aromatic rings. The van der Waals surface area contributed by atoms with Crippen LogP contribution in [0.1, 0.15) is 21.7 Å². The van der Waals surface area contributed by atoms with Gasteiger partial charge in [-0.15, -0.1) is 0 Å². The molecular weight excluding hydrogens is 266 g/mol. The molecule has 0 aliphatic heterocycles. The van der Waals surface area contributed by atoms with Crippen molar-refractivity contribution in [1.82, 2.24) is 14.8 Å². The Hall–Kier alpha value is -2.69. The lowest BCUT2D eigenvalue weighted by atomic mass is 10.1. The average Bonchev–Trinajstić information content (AvgIpc) is 2.90. The molecule has 0 radical (unpaired) electrons. The molecule has 0 atom stereocenters. The fourth-order valence-corrected chi connectivity index (χ4v) is 2.31. The van der Waals surface area contributed by atoms with Gasteiger partial charge in [0.05, 0.1) is 5.52 Å². The highest BCUT2D eigenvalue weighted by Gasteiger charge is 2.12. The molecule has 3 rings (SSSR count). The Bertz CT molecular complexity index is 808. The van der Waals surface area contributed by atoms with Crippen molar-refractivity contribution in [3.63, 3.8) is 0 Å². The van der Waals surface area contributed by atoms with Crippen LogP contribution >= 0.6 is 0 Å². The van der Waals surface area contributed by atoms with Crippen LogP contribution in [0.5, 0.6) is 0 Å². The van der Waals surface area contributed by atoms with Gasteiger partial charge < -0.3 is 4.74 Å². The zero-order chi connectivity index (χ0) is 14.8. The first-order chi connectivity index (χ1) is 10.1. The summed E-state index contributed by atoms with van der Waals surface area (Å²) in [5, 5.41) is 4.96. The highest BCUT2D eigenvalue weighted by atomic mass is 16.5. The first-order valence-electron chi connectivity index (χ1n) is 6.65. The predicted octanol–water partition coefficient (Wildman–Crippen LogP) is 2.63. The second kappa shape index (κ2) is 5.36. The molecule has 0 amide bonds. The van der Waals surface area contributed by atoms with E-state index in [1.54, 1.807) is 19.3 Å². The number of para-hydroxylation sites is 1. The van der Waals surface area contributed by atoms with Crippen LogP contribution in [0, 0.1) is 6.92 Å². The molecule has 0 saturated heterocycles. The summed E-state index contributed by atoms with van der Waals surface area (Å²) < 4.78 is 6.89. The number of ether oxygens (including phenoxy) is 1. The maximum absolute atomic E-state index is 12.0. The number of fused-ring (bicyclic) bond motifs is 1. The van der Waals surface area contributed by atoms with E-state index in [0.29, 0.717) is 5.69 Å². The Morgan fingerprint density at radius 1 is 1.29 bits per heavy atom. The summed E-state index contributed by atoms with van der Waals surface area (Å²) in [5.41, 5.74) is 3.20. The van der Waals surface area contributed by atoms with Crippen LogP contribution in [0.15, 0.2) is 42.6 Å². The Labute approximate surface area is 122 Å². The third kappa shape index (κ3) is 2.63. The number of hydrogen-bond acceptors (Lipinski definition) is 4. The molecule has 0 bridgehead atoms. The quantitative estimate of drug-likeness (QED) is 0.692. The van der Waals surface area contributed by atoms with Gasteiger partial charge in [0.25, 0.3) is 0 Å². The van der Waals surface area contributed by atoms with Gasteiger partial charge in [-0.05, 0) is 25.1 Å². The van der Waals surface area contributed by atoms with E-state index in [-0.39, 0.29) is 12.6 Å². The van der Waals surface area contributed by atoms with E-state index in [1.165, 1.54) is 4.68 Å². The van der Waals surface area contributed by atoms with Crippen molar-refractivity contribution in [2.24, 2.45) is 7.05 Å². The van der Waals surface area contributed by atoms with E-state index in [4.69, 9.17) is 4.74 Å². The molecular formula is C16H15N3O2. The first kappa shape index (κ1) is 13.3. The number of pyridine rings is 1. The monoisotopic (exact) mass is 281 g/mol. The number of aryl methyl sites for hydroxylation is 2. The van der Waals surface area contributed by atoms with Crippen LogP contribution in [0.25, 0.3) is 10.9 Å². The zero-order valence-electron chi connectivity index (χ0n) is 11.9. The Morgan fingerprint density at radius 3 is 2.86 bits per heavy atom. The van der Waals surface area contributed by atoms with E-state index in [9.17, 15) is 4.79 Å². The topological polar surface area (TPSA) is 57.0 Å². The first-order valence-corrected chi connectivity index (χ1v) is 6.65. The number of carbonyl (C=O) groups is 1. The Morgan fingerprint density at radius 2 is 2.10 bits per heavy atom. The second-order valence-corrected chi connectivity index (χ2v) is 4.86. The third-order valence-electron chi connectivity index (χ3n) is 3.32. The van der Waals surface area contributed by atoms with Crippen molar-refractivity contribution in [2.45, 2.75) is 13.5 Å². The van der Waals surface area contributed by atoms with E-state index >= 15 is 0 Å². The van der Waals surface area contributed by atoms with Gasteiger partial charge in [-0.3, -0.25) is 9.67 Å². The molecule has 5 nitrogen and oxygen atoms in total. The summed E-state index contributed by atoms with van der Waals surface area (Å²) in [6.07, 6.45) is 1.57. The van der Waals surface area contributed by atoms with E-state index in [1.807, 2.05) is 37.3 Å². The van der Waals surface area contributed by atoms with Crippen molar-refractivity contribution >= 4 is 16.9 Å². The molecule has 2 aromatic heterocycles. The summed E-state index contributed by atoms with van der Waals surface area (Å²) >= 11 is 0. The highest BCUT2D eigenvalue weighted by Crippen LogP contribution is 2.19. The van der Waals surface area contributed by atoms with E-state index in [2.05, 4.69) is 10.1 Å². The average molecular weight is 281 g/mol. The summed E-state index contributed by atoms with van der Waals surface area (Å²) in [6.45, 7) is 2.15. The molecule has 0 saturated carbocycles. The lowest BCUT2D eigenvalue weighted by molar-refractivity contribution is 0.0461. The maximum Gasteiger partial charge on any atom is 0.356 e. The standard InChI is InChI=1S/C16H15N3O2/c1-11-9-12(13-5-3-4-6-14(13)18-11)10-21-16(20)15-7-8-17-19(15)2/h3-9H,10H2,1-2H3. The number of esters is 1. The molecule has 0 spiro atoms. The summed E-state index contributed by atoms with van der Waals surface area (Å²) in [6, 6.07) is 11.4. The number of aromatic nitrogens is 3. The molecule has 0 aliphatic carbocycles. The van der Waals surface area contributed by atoms with Gasteiger partial charge in [-0.25, -0.2) is 4.79 Å². The van der Waals surface area contributed by atoms with Gasteiger partial charge in [0, 0.05) is 29.9 Å². The smallest absolute Gasteiger partial charge is 0.356 e. The molecule has 0 aliphatic rings. The number of rotatable bonds is 3. The number of nitrogens with zero attached hydrogens (tertiary/aromatic N) is 3. The number of carbonyl (C=O) groups excluding carboxylic acids is 1. The molecule has 0 N–H and O–H groups in total. The van der Waals surface area contributed by atoms with Gasteiger partial charge >= 0.3 is 5.97 Å². The molecule has 0 unspecified atom stereocenters. The van der Waals surface area contributed by atoms with Gasteiger partial charge in [-0.1, -0.05) is 18.2 Å². The summed E-state index contributed by atoms with van der Waals surface area (Å²) in [7, 11) is 1.71. The number of benzene rings is 1. The molecule has 0 fully saturated rings. The molecule has 1 aromatic carbocycles. The van der Waals surface area contributed by atoms with Crippen molar-refractivity contribution in [2.75, 3.05) is 0 Å². The summed E-state index contributed by atoms with van der Waals surface area (Å²) in [5.74, 6) is -0.381. The molecule has 21 heavy (non-hydrogen) atoms. The van der Waals surface area contributed by atoms with Crippen LogP contribution in [0.3, 0.4) is 0 Å². The van der Waals surface area contributed by atoms with Crippen molar-refractivity contribution in [3.8, 4) is 0 Å². The minimum absolute atomic E-state index is 0.216. The van der Waals surface area contributed by atoms with Crippen LogP contribution in [-0.4, -0.2) is 20.7 Å². The third-order valence-corrected chi connectivity index (χ3v) is 3.32. The lowest BCUT2D eigenvalue weighted by Crippen LogP contribution is -2.11. The van der Waals surface area contributed by atoms with Crippen LogP contribution in [0.2, 0.25) is 0 Å². The molecule has 5 heteroatoms. The second-order valence-electron chi connectivity index (χ2n) is 4.86. The molecule has 2 heterocycles. The maximum atomic E-state index is 12.0. The molecule has 106 valence electrons. The zero-order valence-corrected chi connectivity index (χ0v) is 11.9. The Kier molecular flexibility index (Phi) is 3.39. The van der Waals surface area contributed by atoms with Gasteiger partial charge in [0.2, 0.25) is 0 Å². The largest absolute Gasteiger partial charge is 0.456 e.